The summed E-state index contributed by atoms with van der Waals surface area (Å²) in [5.41, 5.74) is -0.524. The fraction of sp³-hybridized carbons (Fsp3) is 0.500. The molecular formula is C14H16F3NO2. The van der Waals surface area contributed by atoms with Crippen LogP contribution in [0.2, 0.25) is 0 Å². The molecule has 0 spiro atoms. The van der Waals surface area contributed by atoms with Crippen LogP contribution < -0.4 is 4.90 Å². The largest absolute Gasteiger partial charge is 0.481 e. The lowest BCUT2D eigenvalue weighted by Crippen LogP contribution is -2.46. The van der Waals surface area contributed by atoms with Gasteiger partial charge in [-0.1, -0.05) is 0 Å². The smallest absolute Gasteiger partial charge is 0.416 e. The van der Waals surface area contributed by atoms with Crippen molar-refractivity contribution in [2.24, 2.45) is 5.41 Å². The van der Waals surface area contributed by atoms with E-state index in [1.165, 1.54) is 6.07 Å². The van der Waals surface area contributed by atoms with Crippen molar-refractivity contribution < 1.29 is 23.1 Å². The third-order valence-corrected chi connectivity index (χ3v) is 4.05. The lowest BCUT2D eigenvalue weighted by molar-refractivity contribution is -0.148. The van der Waals surface area contributed by atoms with E-state index in [1.54, 1.807) is 25.8 Å². The summed E-state index contributed by atoms with van der Waals surface area (Å²) >= 11 is 0. The van der Waals surface area contributed by atoms with Crippen molar-refractivity contribution in [3.63, 3.8) is 0 Å². The Kier molecular flexibility index (Phi) is 3.23. The number of rotatable bonds is 2. The summed E-state index contributed by atoms with van der Waals surface area (Å²) in [6, 6.07) is 3.20. The van der Waals surface area contributed by atoms with Gasteiger partial charge in [-0.05, 0) is 44.0 Å². The third kappa shape index (κ3) is 2.23. The first kappa shape index (κ1) is 14.7. The van der Waals surface area contributed by atoms with E-state index in [4.69, 9.17) is 0 Å². The number of likely N-dealkylation sites (N-methyl/N-ethyl adjacent to an activating group) is 1. The van der Waals surface area contributed by atoms with Gasteiger partial charge in [-0.25, -0.2) is 0 Å². The first-order valence-corrected chi connectivity index (χ1v) is 6.21. The van der Waals surface area contributed by atoms with Gasteiger partial charge in [0.15, 0.2) is 0 Å². The van der Waals surface area contributed by atoms with Crippen LogP contribution >= 0.6 is 0 Å². The summed E-state index contributed by atoms with van der Waals surface area (Å²) in [6.07, 6.45) is -4.08. The molecule has 0 bridgehead atoms. The number of hydrogen-bond acceptors (Lipinski definition) is 2. The molecule has 0 aromatic heterocycles. The van der Waals surface area contributed by atoms with Crippen LogP contribution in [-0.4, -0.2) is 24.2 Å². The lowest BCUT2D eigenvalue weighted by atomic mass is 9.82. The van der Waals surface area contributed by atoms with Crippen LogP contribution in [0.4, 0.5) is 18.9 Å². The van der Waals surface area contributed by atoms with Gasteiger partial charge < -0.3 is 10.0 Å². The Labute approximate surface area is 115 Å². The summed E-state index contributed by atoms with van der Waals surface area (Å²) in [7, 11) is 1.72. The zero-order chi connectivity index (χ0) is 15.3. The van der Waals surface area contributed by atoms with E-state index in [1.807, 2.05) is 0 Å². The van der Waals surface area contributed by atoms with Gasteiger partial charge in [0.05, 0.1) is 11.0 Å². The van der Waals surface area contributed by atoms with E-state index in [2.05, 4.69) is 0 Å². The number of hydrogen-bond donors (Lipinski definition) is 1. The van der Waals surface area contributed by atoms with Crippen LogP contribution in [0.25, 0.3) is 0 Å². The highest BCUT2D eigenvalue weighted by Gasteiger charge is 2.44. The Bertz CT molecular complexity index is 552. The SMILES string of the molecule is CN1c2ccc(C(F)(F)F)cc2CC1C(C)(C)C(=O)O. The van der Waals surface area contributed by atoms with E-state index in [-0.39, 0.29) is 6.04 Å². The first-order valence-electron chi connectivity index (χ1n) is 6.21. The number of carboxylic acids is 1. The molecule has 0 radical (unpaired) electrons. The molecule has 0 aliphatic carbocycles. The lowest BCUT2D eigenvalue weighted by Gasteiger charge is -2.33. The number of aliphatic carboxylic acids is 1. The Morgan fingerprint density at radius 2 is 1.95 bits per heavy atom. The van der Waals surface area contributed by atoms with Gasteiger partial charge in [0, 0.05) is 18.8 Å². The maximum atomic E-state index is 12.7. The second-order valence-electron chi connectivity index (χ2n) is 5.70. The Morgan fingerprint density at radius 3 is 2.45 bits per heavy atom. The molecule has 1 aliphatic rings. The molecule has 3 nitrogen and oxygen atoms in total. The molecule has 1 aromatic rings. The van der Waals surface area contributed by atoms with E-state index < -0.39 is 23.1 Å². The number of anilines is 1. The number of nitrogens with zero attached hydrogens (tertiary/aromatic N) is 1. The number of benzene rings is 1. The van der Waals surface area contributed by atoms with Crippen molar-refractivity contribution in [2.45, 2.75) is 32.5 Å². The van der Waals surface area contributed by atoms with Crippen LogP contribution in [0.1, 0.15) is 25.0 Å². The molecule has 1 N–H and O–H groups in total. The molecule has 0 amide bonds. The molecule has 1 unspecified atom stereocenters. The van der Waals surface area contributed by atoms with Crippen LogP contribution in [0.3, 0.4) is 0 Å². The number of fused-ring (bicyclic) bond motifs is 1. The quantitative estimate of drug-likeness (QED) is 0.908. The number of alkyl halides is 3. The summed E-state index contributed by atoms with van der Waals surface area (Å²) in [4.78, 5) is 13.1. The van der Waals surface area contributed by atoms with E-state index in [0.29, 0.717) is 17.7 Å². The minimum Gasteiger partial charge on any atom is -0.481 e. The van der Waals surface area contributed by atoms with E-state index >= 15 is 0 Å². The predicted octanol–water partition coefficient (Wildman–Crippen LogP) is 3.18. The minimum atomic E-state index is -4.38. The highest BCUT2D eigenvalue weighted by Crippen LogP contribution is 2.41. The normalized spacial score (nSPS) is 19.1. The maximum absolute atomic E-state index is 12.7. The standard InChI is InChI=1S/C14H16F3NO2/c1-13(2,12(19)20)11-7-8-6-9(14(15,16)17)4-5-10(8)18(11)3/h4-6,11H,7H2,1-3H3,(H,19,20). The molecular weight excluding hydrogens is 271 g/mol. The van der Waals surface area contributed by atoms with Crippen molar-refractivity contribution >= 4 is 11.7 Å². The average Bonchev–Trinajstić information content (AvgIpc) is 2.65. The van der Waals surface area contributed by atoms with E-state index in [0.717, 1.165) is 12.1 Å². The average molecular weight is 287 g/mol. The second kappa shape index (κ2) is 4.40. The van der Waals surface area contributed by atoms with Gasteiger partial charge in [-0.15, -0.1) is 0 Å². The molecule has 1 atom stereocenters. The van der Waals surface area contributed by atoms with Crippen LogP contribution in [0.15, 0.2) is 18.2 Å². The van der Waals surface area contributed by atoms with Crippen LogP contribution in [0, 0.1) is 5.41 Å². The fourth-order valence-electron chi connectivity index (χ4n) is 2.66. The van der Waals surface area contributed by atoms with Gasteiger partial charge in [0.25, 0.3) is 0 Å². The number of carboxylic acid groups (broad SMARTS) is 1. The van der Waals surface area contributed by atoms with Crippen LogP contribution in [-0.2, 0) is 17.4 Å². The number of carbonyl (C=O) groups is 1. The molecule has 0 fully saturated rings. The highest BCUT2D eigenvalue weighted by atomic mass is 19.4. The Balaban J connectivity index is 2.39. The molecule has 6 heteroatoms. The molecule has 1 aliphatic heterocycles. The first-order chi connectivity index (χ1) is 9.05. The molecule has 1 heterocycles. The van der Waals surface area contributed by atoms with Gasteiger partial charge in [-0.2, -0.15) is 13.2 Å². The molecule has 20 heavy (non-hydrogen) atoms. The van der Waals surface area contributed by atoms with E-state index in [9.17, 15) is 23.1 Å². The minimum absolute atomic E-state index is 0.301. The third-order valence-electron chi connectivity index (χ3n) is 4.05. The highest BCUT2D eigenvalue weighted by molar-refractivity contribution is 5.77. The second-order valence-corrected chi connectivity index (χ2v) is 5.70. The summed E-state index contributed by atoms with van der Waals surface area (Å²) in [5, 5.41) is 9.28. The van der Waals surface area contributed by atoms with Crippen molar-refractivity contribution in [3.05, 3.63) is 29.3 Å². The molecule has 2 rings (SSSR count). The van der Waals surface area contributed by atoms with Gasteiger partial charge in [0.2, 0.25) is 0 Å². The van der Waals surface area contributed by atoms with Crippen LogP contribution in [0.5, 0.6) is 0 Å². The van der Waals surface area contributed by atoms with Gasteiger partial charge in [0.1, 0.15) is 0 Å². The zero-order valence-electron chi connectivity index (χ0n) is 11.5. The molecule has 0 saturated heterocycles. The topological polar surface area (TPSA) is 40.5 Å². The van der Waals surface area contributed by atoms with Crippen molar-refractivity contribution in [1.82, 2.24) is 0 Å². The van der Waals surface area contributed by atoms with Gasteiger partial charge >= 0.3 is 12.1 Å². The monoisotopic (exact) mass is 287 g/mol. The molecule has 0 saturated carbocycles. The Hall–Kier alpha value is -1.72. The predicted molar refractivity (Wildman–Crippen MR) is 68.8 cm³/mol. The van der Waals surface area contributed by atoms with Gasteiger partial charge in [-0.3, -0.25) is 4.79 Å². The van der Waals surface area contributed by atoms with Crippen molar-refractivity contribution in [3.8, 4) is 0 Å². The van der Waals surface area contributed by atoms with Crippen molar-refractivity contribution in [2.75, 3.05) is 11.9 Å². The number of halogens is 3. The summed E-state index contributed by atoms with van der Waals surface area (Å²) < 4.78 is 38.1. The summed E-state index contributed by atoms with van der Waals surface area (Å²) in [6.45, 7) is 3.18. The zero-order valence-corrected chi connectivity index (χ0v) is 11.5. The molecule has 1 aromatic carbocycles. The maximum Gasteiger partial charge on any atom is 0.416 e. The van der Waals surface area contributed by atoms with Crippen molar-refractivity contribution in [1.29, 1.82) is 0 Å². The molecule has 110 valence electrons. The summed E-state index contributed by atoms with van der Waals surface area (Å²) in [5.74, 6) is -0.960. The fourth-order valence-corrected chi connectivity index (χ4v) is 2.66. The Morgan fingerprint density at radius 1 is 1.35 bits per heavy atom.